The standard InChI is InChI=1S/C21H18N4/c1-2-19(16-9-5-3-6-10-16)21(17-11-7-4-8-12-17)18-13-14-20-22-23-24-25(20)15-18/h3-15H,2H2,1H3/b21-19+. The third-order valence-electron chi connectivity index (χ3n) is 4.32. The Morgan fingerprint density at radius 3 is 2.16 bits per heavy atom. The number of hydrogen-bond donors (Lipinski definition) is 0. The Kier molecular flexibility index (Phi) is 4.09. The highest BCUT2D eigenvalue weighted by atomic mass is 15.5. The summed E-state index contributed by atoms with van der Waals surface area (Å²) in [7, 11) is 0. The lowest BCUT2D eigenvalue weighted by Gasteiger charge is -2.16. The van der Waals surface area contributed by atoms with E-state index in [1.165, 1.54) is 22.3 Å². The summed E-state index contributed by atoms with van der Waals surface area (Å²) >= 11 is 0. The molecule has 2 heterocycles. The van der Waals surface area contributed by atoms with Crippen LogP contribution in [0.25, 0.3) is 16.8 Å². The van der Waals surface area contributed by atoms with Crippen LogP contribution >= 0.6 is 0 Å². The molecule has 4 aromatic rings. The lowest BCUT2D eigenvalue weighted by Crippen LogP contribution is -1.97. The van der Waals surface area contributed by atoms with Crippen LogP contribution in [0, 0.1) is 0 Å². The quantitative estimate of drug-likeness (QED) is 0.519. The average molecular weight is 326 g/mol. The van der Waals surface area contributed by atoms with Gasteiger partial charge in [0.15, 0.2) is 5.65 Å². The van der Waals surface area contributed by atoms with Gasteiger partial charge < -0.3 is 0 Å². The van der Waals surface area contributed by atoms with Gasteiger partial charge in [-0.2, -0.15) is 0 Å². The summed E-state index contributed by atoms with van der Waals surface area (Å²) in [6.07, 6.45) is 2.93. The van der Waals surface area contributed by atoms with Crippen molar-refractivity contribution in [2.45, 2.75) is 13.3 Å². The molecular weight excluding hydrogens is 308 g/mol. The lowest BCUT2D eigenvalue weighted by atomic mass is 9.89. The van der Waals surface area contributed by atoms with E-state index in [0.717, 1.165) is 17.6 Å². The molecule has 4 nitrogen and oxygen atoms in total. The summed E-state index contributed by atoms with van der Waals surface area (Å²) in [6.45, 7) is 2.20. The van der Waals surface area contributed by atoms with Crippen molar-refractivity contribution in [2.75, 3.05) is 0 Å². The number of nitrogens with zero attached hydrogens (tertiary/aromatic N) is 4. The van der Waals surface area contributed by atoms with Crippen molar-refractivity contribution in [3.63, 3.8) is 0 Å². The van der Waals surface area contributed by atoms with E-state index in [1.54, 1.807) is 4.52 Å². The molecule has 4 heteroatoms. The van der Waals surface area contributed by atoms with Crippen molar-refractivity contribution < 1.29 is 0 Å². The summed E-state index contributed by atoms with van der Waals surface area (Å²) < 4.78 is 1.72. The number of rotatable bonds is 4. The molecule has 0 amide bonds. The zero-order chi connectivity index (χ0) is 17.1. The molecular formula is C21H18N4. The Bertz CT molecular complexity index is 1020. The fraction of sp³-hybridized carbons (Fsp3) is 0.0952. The first kappa shape index (κ1) is 15.3. The van der Waals surface area contributed by atoms with Crippen molar-refractivity contribution in [3.8, 4) is 0 Å². The van der Waals surface area contributed by atoms with Crippen LogP contribution < -0.4 is 0 Å². The van der Waals surface area contributed by atoms with E-state index in [9.17, 15) is 0 Å². The monoisotopic (exact) mass is 326 g/mol. The molecule has 2 aromatic heterocycles. The molecule has 25 heavy (non-hydrogen) atoms. The normalized spacial score (nSPS) is 12.2. The SMILES string of the molecule is CC/C(=C(/c1ccccc1)c1ccc2nnnn2c1)c1ccccc1. The van der Waals surface area contributed by atoms with Gasteiger partial charge in [0.2, 0.25) is 0 Å². The molecule has 0 spiro atoms. The zero-order valence-electron chi connectivity index (χ0n) is 14.0. The van der Waals surface area contributed by atoms with E-state index in [1.807, 2.05) is 24.4 Å². The van der Waals surface area contributed by atoms with Crippen molar-refractivity contribution in [1.82, 2.24) is 20.0 Å². The largest absolute Gasteiger partial charge is 0.200 e. The Balaban J connectivity index is 2.00. The molecule has 0 radical (unpaired) electrons. The van der Waals surface area contributed by atoms with E-state index in [2.05, 4.69) is 77.0 Å². The van der Waals surface area contributed by atoms with Gasteiger partial charge in [0.05, 0.1) is 0 Å². The van der Waals surface area contributed by atoms with Gasteiger partial charge in [-0.05, 0) is 51.3 Å². The number of aromatic nitrogens is 4. The van der Waals surface area contributed by atoms with Gasteiger partial charge in [-0.3, -0.25) is 0 Å². The third-order valence-corrected chi connectivity index (χ3v) is 4.32. The fourth-order valence-electron chi connectivity index (χ4n) is 3.17. The number of allylic oxidation sites excluding steroid dienone is 1. The Morgan fingerprint density at radius 1 is 0.800 bits per heavy atom. The van der Waals surface area contributed by atoms with Gasteiger partial charge >= 0.3 is 0 Å². The molecule has 0 bridgehead atoms. The summed E-state index contributed by atoms with van der Waals surface area (Å²) in [5, 5.41) is 11.8. The molecule has 0 N–H and O–H groups in total. The lowest BCUT2D eigenvalue weighted by molar-refractivity contribution is 0.822. The van der Waals surface area contributed by atoms with Crippen LogP contribution in [-0.2, 0) is 0 Å². The van der Waals surface area contributed by atoms with E-state index in [-0.39, 0.29) is 0 Å². The van der Waals surface area contributed by atoms with Crippen LogP contribution in [0.4, 0.5) is 0 Å². The van der Waals surface area contributed by atoms with Gasteiger partial charge in [0.25, 0.3) is 0 Å². The second-order valence-corrected chi connectivity index (χ2v) is 5.84. The molecule has 0 unspecified atom stereocenters. The summed E-state index contributed by atoms with van der Waals surface area (Å²) in [4.78, 5) is 0. The number of benzene rings is 2. The van der Waals surface area contributed by atoms with Crippen molar-refractivity contribution >= 4 is 16.8 Å². The Morgan fingerprint density at radius 2 is 1.48 bits per heavy atom. The minimum absolute atomic E-state index is 0.744. The maximum atomic E-state index is 4.05. The molecule has 0 aliphatic heterocycles. The van der Waals surface area contributed by atoms with E-state index >= 15 is 0 Å². The molecule has 0 atom stereocenters. The highest BCUT2D eigenvalue weighted by Crippen LogP contribution is 2.34. The van der Waals surface area contributed by atoms with Crippen molar-refractivity contribution in [3.05, 3.63) is 95.7 Å². The van der Waals surface area contributed by atoms with Crippen LogP contribution in [0.5, 0.6) is 0 Å². The zero-order valence-corrected chi connectivity index (χ0v) is 14.0. The topological polar surface area (TPSA) is 43.1 Å². The minimum atomic E-state index is 0.744. The van der Waals surface area contributed by atoms with Crippen LogP contribution in [0.1, 0.15) is 30.0 Å². The number of tetrazole rings is 1. The van der Waals surface area contributed by atoms with Gasteiger partial charge in [-0.25, -0.2) is 4.52 Å². The predicted octanol–water partition coefficient (Wildman–Crippen LogP) is 4.49. The molecule has 0 fully saturated rings. The average Bonchev–Trinajstić information content (AvgIpc) is 3.15. The van der Waals surface area contributed by atoms with Crippen LogP contribution in [-0.4, -0.2) is 20.0 Å². The molecule has 4 rings (SSSR count). The summed E-state index contributed by atoms with van der Waals surface area (Å²) in [6, 6.07) is 25.1. The van der Waals surface area contributed by atoms with E-state index in [4.69, 9.17) is 0 Å². The van der Waals surface area contributed by atoms with Gasteiger partial charge in [0, 0.05) is 11.8 Å². The molecule has 2 aromatic carbocycles. The molecule has 0 saturated heterocycles. The van der Waals surface area contributed by atoms with Gasteiger partial charge in [0.1, 0.15) is 0 Å². The third kappa shape index (κ3) is 2.94. The molecule has 122 valence electrons. The van der Waals surface area contributed by atoms with Crippen LogP contribution in [0.2, 0.25) is 0 Å². The maximum Gasteiger partial charge on any atom is 0.179 e. The van der Waals surface area contributed by atoms with Crippen LogP contribution in [0.15, 0.2) is 79.0 Å². The molecule has 0 aliphatic rings. The van der Waals surface area contributed by atoms with Gasteiger partial charge in [-0.15, -0.1) is 5.10 Å². The second kappa shape index (κ2) is 6.69. The van der Waals surface area contributed by atoms with Crippen molar-refractivity contribution in [2.24, 2.45) is 0 Å². The minimum Gasteiger partial charge on any atom is -0.200 e. The first-order valence-electron chi connectivity index (χ1n) is 8.39. The summed E-state index contributed by atoms with van der Waals surface area (Å²) in [5.41, 5.74) is 6.79. The Hall–Kier alpha value is -3.27. The summed E-state index contributed by atoms with van der Waals surface area (Å²) in [5.74, 6) is 0. The first-order chi connectivity index (χ1) is 12.4. The number of pyridine rings is 1. The Labute approximate surface area is 146 Å². The first-order valence-corrected chi connectivity index (χ1v) is 8.39. The fourth-order valence-corrected chi connectivity index (χ4v) is 3.17. The van der Waals surface area contributed by atoms with E-state index < -0.39 is 0 Å². The highest BCUT2D eigenvalue weighted by Gasteiger charge is 2.13. The number of hydrogen-bond acceptors (Lipinski definition) is 3. The maximum absolute atomic E-state index is 4.05. The van der Waals surface area contributed by atoms with Gasteiger partial charge in [-0.1, -0.05) is 67.6 Å². The van der Waals surface area contributed by atoms with E-state index in [0.29, 0.717) is 0 Å². The van der Waals surface area contributed by atoms with Crippen molar-refractivity contribution in [1.29, 1.82) is 0 Å². The highest BCUT2D eigenvalue weighted by molar-refractivity contribution is 5.98. The predicted molar refractivity (Wildman–Crippen MR) is 99.9 cm³/mol. The second-order valence-electron chi connectivity index (χ2n) is 5.84. The van der Waals surface area contributed by atoms with Crippen LogP contribution in [0.3, 0.4) is 0 Å². The molecule has 0 saturated carbocycles. The molecule has 0 aliphatic carbocycles. The number of fused-ring (bicyclic) bond motifs is 1. The smallest absolute Gasteiger partial charge is 0.179 e.